The van der Waals surface area contributed by atoms with Gasteiger partial charge in [-0.3, -0.25) is 4.79 Å². The monoisotopic (exact) mass is 353 g/mol. The first-order chi connectivity index (χ1) is 12.7. The lowest BCUT2D eigenvalue weighted by Gasteiger charge is -2.17. The third-order valence-electron chi connectivity index (χ3n) is 4.44. The minimum Gasteiger partial charge on any atom is -0.480 e. The molecule has 1 aromatic carbocycles. The SMILES string of the molecule is COc1ccc(OC2CCN(C(=O)Cn3cnc4ccccc43)C2)nn1. The third kappa shape index (κ3) is 3.30. The highest BCUT2D eigenvalue weighted by atomic mass is 16.5. The van der Waals surface area contributed by atoms with Gasteiger partial charge in [-0.2, -0.15) is 0 Å². The Hall–Kier alpha value is -3.16. The minimum absolute atomic E-state index is 0.0556. The smallest absolute Gasteiger partial charge is 0.242 e. The molecule has 1 saturated heterocycles. The molecule has 3 aromatic rings. The zero-order valence-corrected chi connectivity index (χ0v) is 14.4. The minimum atomic E-state index is -0.0822. The van der Waals surface area contributed by atoms with E-state index in [0.29, 0.717) is 24.8 Å². The maximum Gasteiger partial charge on any atom is 0.242 e. The summed E-state index contributed by atoms with van der Waals surface area (Å²) in [5.74, 6) is 0.930. The molecule has 8 heteroatoms. The van der Waals surface area contributed by atoms with Crippen LogP contribution in [0.25, 0.3) is 11.0 Å². The Kier molecular flexibility index (Phi) is 4.39. The predicted octanol–water partition coefficient (Wildman–Crippen LogP) is 1.51. The van der Waals surface area contributed by atoms with Gasteiger partial charge in [-0.15, -0.1) is 10.2 Å². The molecule has 0 aliphatic carbocycles. The number of hydrogen-bond donors (Lipinski definition) is 0. The molecular formula is C18H19N5O3. The van der Waals surface area contributed by atoms with Crippen molar-refractivity contribution in [3.63, 3.8) is 0 Å². The van der Waals surface area contributed by atoms with Crippen LogP contribution in [-0.2, 0) is 11.3 Å². The van der Waals surface area contributed by atoms with E-state index < -0.39 is 0 Å². The fraction of sp³-hybridized carbons (Fsp3) is 0.333. The quantitative estimate of drug-likeness (QED) is 0.692. The molecule has 0 saturated carbocycles. The van der Waals surface area contributed by atoms with Crippen molar-refractivity contribution in [2.24, 2.45) is 0 Å². The number of imidazole rings is 1. The van der Waals surface area contributed by atoms with Crippen LogP contribution in [0.5, 0.6) is 11.8 Å². The van der Waals surface area contributed by atoms with E-state index in [4.69, 9.17) is 9.47 Å². The number of para-hydroxylation sites is 2. The summed E-state index contributed by atoms with van der Waals surface area (Å²) in [6.45, 7) is 1.48. The van der Waals surface area contributed by atoms with Crippen LogP contribution in [0, 0.1) is 0 Å². The van der Waals surface area contributed by atoms with Gasteiger partial charge in [0, 0.05) is 25.1 Å². The van der Waals surface area contributed by atoms with E-state index in [2.05, 4.69) is 15.2 Å². The number of aromatic nitrogens is 4. The Morgan fingerprint density at radius 2 is 2.00 bits per heavy atom. The molecule has 1 aliphatic rings. The summed E-state index contributed by atoms with van der Waals surface area (Å²) in [6.07, 6.45) is 2.39. The molecule has 0 bridgehead atoms. The van der Waals surface area contributed by atoms with Crippen molar-refractivity contribution < 1.29 is 14.3 Å². The first kappa shape index (κ1) is 16.3. The van der Waals surface area contributed by atoms with Gasteiger partial charge >= 0.3 is 0 Å². The second-order valence-corrected chi connectivity index (χ2v) is 6.14. The molecular weight excluding hydrogens is 334 g/mol. The number of nitrogens with zero attached hydrogens (tertiary/aromatic N) is 5. The average Bonchev–Trinajstić information content (AvgIpc) is 3.30. The van der Waals surface area contributed by atoms with Gasteiger partial charge in [-0.25, -0.2) is 4.98 Å². The molecule has 0 N–H and O–H groups in total. The molecule has 1 unspecified atom stereocenters. The summed E-state index contributed by atoms with van der Waals surface area (Å²) in [4.78, 5) is 18.8. The van der Waals surface area contributed by atoms with Gasteiger partial charge in [-0.05, 0) is 12.1 Å². The van der Waals surface area contributed by atoms with Crippen molar-refractivity contribution in [1.82, 2.24) is 24.6 Å². The molecule has 1 aliphatic heterocycles. The zero-order valence-electron chi connectivity index (χ0n) is 14.4. The van der Waals surface area contributed by atoms with E-state index in [1.165, 1.54) is 7.11 Å². The molecule has 1 amide bonds. The lowest BCUT2D eigenvalue weighted by molar-refractivity contribution is -0.131. The molecule has 3 heterocycles. The Bertz CT molecular complexity index is 909. The summed E-state index contributed by atoms with van der Waals surface area (Å²) in [5, 5.41) is 7.85. The molecule has 4 rings (SSSR count). The highest BCUT2D eigenvalue weighted by molar-refractivity contribution is 5.80. The largest absolute Gasteiger partial charge is 0.480 e. The predicted molar refractivity (Wildman–Crippen MR) is 93.9 cm³/mol. The molecule has 1 fully saturated rings. The molecule has 1 atom stereocenters. The van der Waals surface area contributed by atoms with Crippen LogP contribution in [0.4, 0.5) is 0 Å². The van der Waals surface area contributed by atoms with Crippen LogP contribution < -0.4 is 9.47 Å². The Morgan fingerprint density at radius 3 is 2.81 bits per heavy atom. The summed E-state index contributed by atoms with van der Waals surface area (Å²) >= 11 is 0. The first-order valence-corrected chi connectivity index (χ1v) is 8.45. The fourth-order valence-corrected chi connectivity index (χ4v) is 3.08. The van der Waals surface area contributed by atoms with E-state index >= 15 is 0 Å². The van der Waals surface area contributed by atoms with E-state index in [-0.39, 0.29) is 18.6 Å². The van der Waals surface area contributed by atoms with Gasteiger partial charge in [0.05, 0.1) is 31.0 Å². The standard InChI is InChI=1S/C18H19N5O3/c1-25-16-6-7-17(21-20-16)26-13-8-9-22(10-13)18(24)11-23-12-19-14-4-2-3-5-15(14)23/h2-7,12-13H,8-11H2,1H3. The first-order valence-electron chi connectivity index (χ1n) is 8.45. The third-order valence-corrected chi connectivity index (χ3v) is 4.44. The van der Waals surface area contributed by atoms with Crippen molar-refractivity contribution in [2.45, 2.75) is 19.1 Å². The van der Waals surface area contributed by atoms with E-state index in [1.54, 1.807) is 18.5 Å². The highest BCUT2D eigenvalue weighted by Gasteiger charge is 2.28. The summed E-state index contributed by atoms with van der Waals surface area (Å²) < 4.78 is 12.7. The summed E-state index contributed by atoms with van der Waals surface area (Å²) in [6, 6.07) is 11.2. The number of rotatable bonds is 5. The lowest BCUT2D eigenvalue weighted by Crippen LogP contribution is -2.33. The van der Waals surface area contributed by atoms with Crippen molar-refractivity contribution in [3.8, 4) is 11.8 Å². The lowest BCUT2D eigenvalue weighted by atomic mass is 10.3. The van der Waals surface area contributed by atoms with Crippen molar-refractivity contribution in [2.75, 3.05) is 20.2 Å². The second kappa shape index (κ2) is 6.99. The van der Waals surface area contributed by atoms with Gasteiger partial charge < -0.3 is 18.9 Å². The number of benzene rings is 1. The van der Waals surface area contributed by atoms with Crippen LogP contribution in [0.2, 0.25) is 0 Å². The number of likely N-dealkylation sites (tertiary alicyclic amines) is 1. The van der Waals surface area contributed by atoms with Gasteiger partial charge in [0.2, 0.25) is 17.7 Å². The Labute approximate surface area is 150 Å². The number of ether oxygens (including phenoxy) is 2. The fourth-order valence-electron chi connectivity index (χ4n) is 3.08. The van der Waals surface area contributed by atoms with Gasteiger partial charge in [0.1, 0.15) is 12.6 Å². The highest BCUT2D eigenvalue weighted by Crippen LogP contribution is 2.18. The topological polar surface area (TPSA) is 82.4 Å². The average molecular weight is 353 g/mol. The molecule has 134 valence electrons. The number of fused-ring (bicyclic) bond motifs is 1. The van der Waals surface area contributed by atoms with Crippen LogP contribution in [0.3, 0.4) is 0 Å². The maximum atomic E-state index is 12.6. The summed E-state index contributed by atoms with van der Waals surface area (Å²) in [5.41, 5.74) is 1.85. The molecule has 8 nitrogen and oxygen atoms in total. The van der Waals surface area contributed by atoms with Crippen LogP contribution in [0.1, 0.15) is 6.42 Å². The van der Waals surface area contributed by atoms with Crippen LogP contribution in [-0.4, -0.2) is 56.9 Å². The molecule has 0 spiro atoms. The number of carbonyl (C=O) groups excluding carboxylic acids is 1. The van der Waals surface area contributed by atoms with E-state index in [9.17, 15) is 4.79 Å². The Balaban J connectivity index is 1.36. The van der Waals surface area contributed by atoms with Gasteiger partial charge in [-0.1, -0.05) is 12.1 Å². The number of methoxy groups -OCH3 is 1. The number of carbonyl (C=O) groups is 1. The normalized spacial score (nSPS) is 16.8. The maximum absolute atomic E-state index is 12.6. The van der Waals surface area contributed by atoms with E-state index in [1.807, 2.05) is 33.7 Å². The van der Waals surface area contributed by atoms with Crippen molar-refractivity contribution >= 4 is 16.9 Å². The Morgan fingerprint density at radius 1 is 1.19 bits per heavy atom. The second-order valence-electron chi connectivity index (χ2n) is 6.14. The van der Waals surface area contributed by atoms with Crippen LogP contribution >= 0.6 is 0 Å². The van der Waals surface area contributed by atoms with Crippen molar-refractivity contribution in [3.05, 3.63) is 42.7 Å². The summed E-state index contributed by atoms with van der Waals surface area (Å²) in [7, 11) is 1.54. The molecule has 26 heavy (non-hydrogen) atoms. The zero-order chi connectivity index (χ0) is 17.9. The van der Waals surface area contributed by atoms with Gasteiger partial charge in [0.15, 0.2) is 0 Å². The van der Waals surface area contributed by atoms with Crippen LogP contribution in [0.15, 0.2) is 42.7 Å². The van der Waals surface area contributed by atoms with Crippen molar-refractivity contribution in [1.29, 1.82) is 0 Å². The molecule has 2 aromatic heterocycles. The molecule has 0 radical (unpaired) electrons. The van der Waals surface area contributed by atoms with E-state index in [0.717, 1.165) is 17.5 Å². The number of hydrogen-bond acceptors (Lipinski definition) is 6. The number of amides is 1. The van der Waals surface area contributed by atoms with Gasteiger partial charge in [0.25, 0.3) is 0 Å².